The molecule has 0 saturated heterocycles. The van der Waals surface area contributed by atoms with E-state index in [9.17, 15) is 4.79 Å². The van der Waals surface area contributed by atoms with Gasteiger partial charge in [-0.05, 0) is 13.0 Å². The molecule has 0 saturated carbocycles. The first-order chi connectivity index (χ1) is 8.49. The molecule has 0 aliphatic rings. The van der Waals surface area contributed by atoms with Crippen molar-refractivity contribution in [3.63, 3.8) is 0 Å². The Kier molecular flexibility index (Phi) is 5.05. The van der Waals surface area contributed by atoms with Gasteiger partial charge in [0.15, 0.2) is 0 Å². The van der Waals surface area contributed by atoms with E-state index in [0.717, 1.165) is 0 Å². The van der Waals surface area contributed by atoms with E-state index in [0.29, 0.717) is 42.3 Å². The number of hydrogen-bond acceptors (Lipinski definition) is 5. The third-order valence-corrected chi connectivity index (χ3v) is 2.09. The number of hydrogen-bond donors (Lipinski definition) is 2. The Morgan fingerprint density at radius 2 is 1.83 bits per heavy atom. The smallest absolute Gasteiger partial charge is 0.333 e. The van der Waals surface area contributed by atoms with Gasteiger partial charge < -0.3 is 20.9 Å². The predicted molar refractivity (Wildman–Crippen MR) is 71.2 cm³/mol. The highest BCUT2D eigenvalue weighted by atomic mass is 16.5. The summed E-state index contributed by atoms with van der Waals surface area (Å²) >= 11 is 0. The van der Waals surface area contributed by atoms with Crippen LogP contribution in [0.4, 0.5) is 11.4 Å². The monoisotopic (exact) mass is 250 g/mol. The van der Waals surface area contributed by atoms with E-state index in [1.807, 2.05) is 0 Å². The molecule has 5 nitrogen and oxygen atoms in total. The minimum atomic E-state index is -0.386. The number of nitrogen functional groups attached to an aromatic ring is 2. The summed E-state index contributed by atoms with van der Waals surface area (Å²) in [4.78, 5) is 11.1. The van der Waals surface area contributed by atoms with Gasteiger partial charge >= 0.3 is 5.97 Å². The van der Waals surface area contributed by atoms with Crippen molar-refractivity contribution < 1.29 is 14.3 Å². The van der Waals surface area contributed by atoms with Crippen LogP contribution < -0.4 is 16.2 Å². The van der Waals surface area contributed by atoms with Crippen LogP contribution in [-0.4, -0.2) is 19.2 Å². The van der Waals surface area contributed by atoms with Crippen LogP contribution in [0.25, 0.3) is 0 Å². The van der Waals surface area contributed by atoms with E-state index in [2.05, 4.69) is 6.58 Å². The highest BCUT2D eigenvalue weighted by Gasteiger charge is 2.02. The first kappa shape index (κ1) is 13.9. The average Bonchev–Trinajstić information content (AvgIpc) is 2.26. The van der Waals surface area contributed by atoms with Crippen LogP contribution in [0.1, 0.15) is 13.3 Å². The molecular formula is C13H18N2O3. The zero-order chi connectivity index (χ0) is 13.5. The van der Waals surface area contributed by atoms with E-state index in [4.69, 9.17) is 20.9 Å². The molecule has 5 heteroatoms. The summed E-state index contributed by atoms with van der Waals surface area (Å²) in [6, 6.07) is 5.04. The van der Waals surface area contributed by atoms with Crippen LogP contribution in [0.3, 0.4) is 0 Å². The van der Waals surface area contributed by atoms with Crippen molar-refractivity contribution in [3.8, 4) is 5.75 Å². The molecule has 0 heterocycles. The Balaban J connectivity index is 2.26. The summed E-state index contributed by atoms with van der Waals surface area (Å²) < 4.78 is 10.4. The minimum absolute atomic E-state index is 0.295. The third-order valence-electron chi connectivity index (χ3n) is 2.09. The van der Waals surface area contributed by atoms with Crippen molar-refractivity contribution in [2.24, 2.45) is 0 Å². The topological polar surface area (TPSA) is 87.6 Å². The van der Waals surface area contributed by atoms with Gasteiger partial charge in [0.25, 0.3) is 0 Å². The molecule has 4 N–H and O–H groups in total. The van der Waals surface area contributed by atoms with E-state index in [1.165, 1.54) is 0 Å². The fourth-order valence-electron chi connectivity index (χ4n) is 1.27. The lowest BCUT2D eigenvalue weighted by atomic mass is 10.2. The molecule has 0 spiro atoms. The minimum Gasteiger partial charge on any atom is -0.493 e. The Hall–Kier alpha value is -2.17. The second kappa shape index (κ2) is 6.54. The van der Waals surface area contributed by atoms with E-state index in [1.54, 1.807) is 25.1 Å². The number of nitrogens with two attached hydrogens (primary N) is 2. The molecule has 0 aliphatic heterocycles. The number of carbonyl (C=O) groups is 1. The lowest BCUT2D eigenvalue weighted by Gasteiger charge is -2.08. The van der Waals surface area contributed by atoms with Crippen molar-refractivity contribution in [2.45, 2.75) is 13.3 Å². The van der Waals surface area contributed by atoms with Crippen LogP contribution in [0.5, 0.6) is 5.75 Å². The van der Waals surface area contributed by atoms with E-state index < -0.39 is 0 Å². The fourth-order valence-corrected chi connectivity index (χ4v) is 1.27. The highest BCUT2D eigenvalue weighted by molar-refractivity contribution is 5.86. The number of ether oxygens (including phenoxy) is 2. The normalized spacial score (nSPS) is 9.83. The van der Waals surface area contributed by atoms with E-state index in [-0.39, 0.29) is 5.97 Å². The van der Waals surface area contributed by atoms with Crippen LogP contribution in [0.2, 0.25) is 0 Å². The molecule has 0 unspecified atom stereocenters. The summed E-state index contributed by atoms with van der Waals surface area (Å²) in [7, 11) is 0. The molecule has 0 aliphatic carbocycles. The van der Waals surface area contributed by atoms with Gasteiger partial charge in [-0.3, -0.25) is 0 Å². The van der Waals surface area contributed by atoms with Gasteiger partial charge in [0.1, 0.15) is 5.75 Å². The maximum atomic E-state index is 11.1. The van der Waals surface area contributed by atoms with Gasteiger partial charge in [-0.15, -0.1) is 0 Å². The fraction of sp³-hybridized carbons (Fsp3) is 0.308. The molecule has 0 fully saturated rings. The zero-order valence-electron chi connectivity index (χ0n) is 10.4. The van der Waals surface area contributed by atoms with Crippen molar-refractivity contribution in [1.82, 2.24) is 0 Å². The molecule has 1 rings (SSSR count). The van der Waals surface area contributed by atoms with Gasteiger partial charge in [0, 0.05) is 35.5 Å². The summed E-state index contributed by atoms with van der Waals surface area (Å²) in [5.74, 6) is 0.224. The van der Waals surface area contributed by atoms with Crippen molar-refractivity contribution in [2.75, 3.05) is 24.7 Å². The summed E-state index contributed by atoms with van der Waals surface area (Å²) in [5, 5.41) is 0. The molecule has 0 radical (unpaired) electrons. The molecule has 0 amide bonds. The first-order valence-corrected chi connectivity index (χ1v) is 5.60. The second-order valence-electron chi connectivity index (χ2n) is 3.95. The molecule has 18 heavy (non-hydrogen) atoms. The lowest BCUT2D eigenvalue weighted by Crippen LogP contribution is -2.09. The van der Waals surface area contributed by atoms with Gasteiger partial charge in [0.2, 0.25) is 0 Å². The maximum absolute atomic E-state index is 11.1. The summed E-state index contributed by atoms with van der Waals surface area (Å²) in [6.07, 6.45) is 0.591. The van der Waals surface area contributed by atoms with Crippen molar-refractivity contribution in [1.29, 1.82) is 0 Å². The molecule has 1 aromatic carbocycles. The van der Waals surface area contributed by atoms with Crippen molar-refractivity contribution in [3.05, 3.63) is 30.4 Å². The predicted octanol–water partition coefficient (Wildman–Crippen LogP) is 1.74. The van der Waals surface area contributed by atoms with Gasteiger partial charge in [-0.1, -0.05) is 6.58 Å². The molecule has 0 aromatic heterocycles. The van der Waals surface area contributed by atoms with Crippen LogP contribution in [-0.2, 0) is 9.53 Å². The number of carbonyl (C=O) groups excluding carboxylic acids is 1. The molecule has 98 valence electrons. The average molecular weight is 250 g/mol. The molecule has 1 aromatic rings. The molecule has 0 bridgehead atoms. The van der Waals surface area contributed by atoms with Gasteiger partial charge in [-0.25, -0.2) is 4.79 Å². The van der Waals surface area contributed by atoms with Gasteiger partial charge in [-0.2, -0.15) is 0 Å². The van der Waals surface area contributed by atoms with Crippen molar-refractivity contribution >= 4 is 17.3 Å². The zero-order valence-corrected chi connectivity index (χ0v) is 10.4. The van der Waals surface area contributed by atoms with Gasteiger partial charge in [0.05, 0.1) is 13.2 Å². The quantitative estimate of drug-likeness (QED) is 0.347. The SMILES string of the molecule is C=C(C)C(=O)OCCCOc1cc(N)cc(N)c1. The number of anilines is 2. The lowest BCUT2D eigenvalue weighted by molar-refractivity contribution is -0.139. The Morgan fingerprint density at radius 3 is 2.39 bits per heavy atom. The Bertz CT molecular complexity index is 424. The van der Waals surface area contributed by atoms with Crippen LogP contribution in [0, 0.1) is 0 Å². The second-order valence-corrected chi connectivity index (χ2v) is 3.95. The highest BCUT2D eigenvalue weighted by Crippen LogP contribution is 2.20. The molecular weight excluding hydrogens is 232 g/mol. The number of benzene rings is 1. The maximum Gasteiger partial charge on any atom is 0.333 e. The number of esters is 1. The third kappa shape index (κ3) is 4.78. The number of rotatable bonds is 6. The molecule has 0 atom stereocenters. The Labute approximate surface area is 106 Å². The van der Waals surface area contributed by atoms with Crippen LogP contribution >= 0.6 is 0 Å². The largest absolute Gasteiger partial charge is 0.493 e. The standard InChI is InChI=1S/C13H18N2O3/c1-9(2)13(16)18-5-3-4-17-12-7-10(14)6-11(15)8-12/h6-8H,1,3-5,14-15H2,2H3. The first-order valence-electron chi connectivity index (χ1n) is 5.60. The van der Waals surface area contributed by atoms with Crippen LogP contribution in [0.15, 0.2) is 30.4 Å². The summed E-state index contributed by atoms with van der Waals surface area (Å²) in [5.41, 5.74) is 12.7. The Morgan fingerprint density at radius 1 is 1.22 bits per heavy atom. The van der Waals surface area contributed by atoms with E-state index >= 15 is 0 Å². The summed E-state index contributed by atoms with van der Waals surface area (Å²) in [6.45, 7) is 5.81.